The largest absolute Gasteiger partial charge is 0.480 e. The normalized spacial score (nSPS) is 15.8. The lowest BCUT2D eigenvalue weighted by Crippen LogP contribution is -2.50. The van der Waals surface area contributed by atoms with Gasteiger partial charge in [0, 0.05) is 23.5 Å². The summed E-state index contributed by atoms with van der Waals surface area (Å²) in [5, 5.41) is 15.3. The molecular weight excluding hydrogens is 397 g/mol. The molecule has 0 aliphatic heterocycles. The van der Waals surface area contributed by atoms with E-state index in [1.807, 2.05) is 38.1 Å². The Labute approximate surface area is 169 Å². The molecule has 2 aromatic rings. The van der Waals surface area contributed by atoms with Crippen molar-refractivity contribution in [1.29, 1.82) is 0 Å². The number of fused-ring (bicyclic) bond motifs is 1. The average Bonchev–Trinajstić information content (AvgIpc) is 3.03. The van der Waals surface area contributed by atoms with Crippen molar-refractivity contribution in [3.8, 4) is 0 Å². The molecule has 0 aliphatic carbocycles. The maximum atomic E-state index is 12.7. The quantitative estimate of drug-likeness (QED) is 0.348. The fraction of sp³-hybridized carbons (Fsp3) is 0.474. The molecule has 1 aromatic carbocycles. The molecule has 0 spiro atoms. The minimum absolute atomic E-state index is 0.00485. The number of rotatable bonds is 11. The minimum atomic E-state index is -4.18. The van der Waals surface area contributed by atoms with Gasteiger partial charge in [0.05, 0.1) is 12.6 Å². The Morgan fingerprint density at radius 3 is 2.55 bits per heavy atom. The van der Waals surface area contributed by atoms with Crippen LogP contribution in [0.3, 0.4) is 0 Å². The van der Waals surface area contributed by atoms with Crippen LogP contribution >= 0.6 is 7.75 Å². The molecule has 1 amide bonds. The van der Waals surface area contributed by atoms with Crippen LogP contribution in [0.4, 0.5) is 0 Å². The van der Waals surface area contributed by atoms with Crippen molar-refractivity contribution in [2.24, 2.45) is 5.92 Å². The standard InChI is InChI=1S/C19H28N3O6P/c1-4-28-29(26,27)22-16(9-12(2)3)18(23)21-17(19(24)25)10-13-11-20-15-8-6-5-7-14(13)15/h5-8,11-12,16-17,20H,4,9-10H2,1-3H3,(H,21,23)(H,24,25)(H2,22,26,27)/t16-,17-/m0/s1. The zero-order chi connectivity index (χ0) is 21.6. The van der Waals surface area contributed by atoms with E-state index < -0.39 is 31.7 Å². The molecule has 2 rings (SSSR count). The average molecular weight is 425 g/mol. The Balaban J connectivity index is 2.16. The third kappa shape index (κ3) is 6.68. The van der Waals surface area contributed by atoms with E-state index in [4.69, 9.17) is 4.52 Å². The first-order chi connectivity index (χ1) is 13.6. The molecule has 5 N–H and O–H groups in total. The minimum Gasteiger partial charge on any atom is -0.480 e. The Bertz CT molecular complexity index is 897. The highest BCUT2D eigenvalue weighted by atomic mass is 31.2. The number of aliphatic carboxylic acids is 1. The maximum absolute atomic E-state index is 12.7. The van der Waals surface area contributed by atoms with Gasteiger partial charge in [-0.2, -0.15) is 0 Å². The van der Waals surface area contributed by atoms with E-state index in [0.717, 1.165) is 16.5 Å². The van der Waals surface area contributed by atoms with Gasteiger partial charge < -0.3 is 20.3 Å². The summed E-state index contributed by atoms with van der Waals surface area (Å²) < 4.78 is 16.8. The second-order valence-corrected chi connectivity index (χ2v) is 8.77. The molecule has 0 aliphatic rings. The number of carbonyl (C=O) groups excluding carboxylic acids is 1. The SMILES string of the molecule is CCOP(=O)(O)N[C@@H](CC(C)C)C(=O)N[C@@H](Cc1c[nH]c2ccccc12)C(=O)O. The molecule has 9 nitrogen and oxygen atoms in total. The van der Waals surface area contributed by atoms with Crippen molar-refractivity contribution in [3.63, 3.8) is 0 Å². The number of amides is 1. The van der Waals surface area contributed by atoms with Gasteiger partial charge in [-0.3, -0.25) is 9.32 Å². The van der Waals surface area contributed by atoms with Crippen molar-refractivity contribution in [1.82, 2.24) is 15.4 Å². The van der Waals surface area contributed by atoms with Gasteiger partial charge in [-0.15, -0.1) is 0 Å². The number of nitrogens with one attached hydrogen (secondary N) is 3. The van der Waals surface area contributed by atoms with Crippen LogP contribution < -0.4 is 10.4 Å². The Kier molecular flexibility index (Phi) is 7.98. The first-order valence-electron chi connectivity index (χ1n) is 9.46. The molecule has 160 valence electrons. The van der Waals surface area contributed by atoms with Gasteiger partial charge in [0.25, 0.3) is 0 Å². The van der Waals surface area contributed by atoms with Crippen molar-refractivity contribution >= 4 is 30.5 Å². The van der Waals surface area contributed by atoms with Gasteiger partial charge >= 0.3 is 13.7 Å². The number of carboxylic acid groups (broad SMARTS) is 1. The number of para-hydroxylation sites is 1. The summed E-state index contributed by atoms with van der Waals surface area (Å²) in [5.41, 5.74) is 1.62. The fourth-order valence-electron chi connectivity index (χ4n) is 3.09. The molecule has 29 heavy (non-hydrogen) atoms. The predicted octanol–water partition coefficient (Wildman–Crippen LogP) is 2.42. The number of aromatic amines is 1. The van der Waals surface area contributed by atoms with Gasteiger partial charge in [-0.25, -0.2) is 14.4 Å². The summed E-state index contributed by atoms with van der Waals surface area (Å²) in [4.78, 5) is 37.4. The van der Waals surface area contributed by atoms with Crippen LogP contribution in [0.5, 0.6) is 0 Å². The topological polar surface area (TPSA) is 141 Å². The van der Waals surface area contributed by atoms with Crippen molar-refractivity contribution in [2.45, 2.75) is 45.7 Å². The zero-order valence-corrected chi connectivity index (χ0v) is 17.6. The summed E-state index contributed by atoms with van der Waals surface area (Å²) in [6, 6.07) is 5.21. The van der Waals surface area contributed by atoms with Crippen LogP contribution in [0.1, 0.15) is 32.8 Å². The predicted molar refractivity (Wildman–Crippen MR) is 109 cm³/mol. The number of H-pyrrole nitrogens is 1. The number of aromatic nitrogens is 1. The monoisotopic (exact) mass is 425 g/mol. The van der Waals surface area contributed by atoms with Gasteiger partial charge in [-0.05, 0) is 30.9 Å². The smallest absolute Gasteiger partial charge is 0.403 e. The molecule has 3 atom stereocenters. The van der Waals surface area contributed by atoms with Crippen LogP contribution in [0.25, 0.3) is 10.9 Å². The lowest BCUT2D eigenvalue weighted by atomic mass is 10.0. The number of benzene rings is 1. The Morgan fingerprint density at radius 2 is 1.93 bits per heavy atom. The fourth-order valence-corrected chi connectivity index (χ4v) is 4.13. The Morgan fingerprint density at radius 1 is 1.24 bits per heavy atom. The van der Waals surface area contributed by atoms with Gasteiger partial charge in [-0.1, -0.05) is 32.0 Å². The van der Waals surface area contributed by atoms with Gasteiger partial charge in [0.1, 0.15) is 6.04 Å². The second kappa shape index (κ2) is 10.0. The van der Waals surface area contributed by atoms with E-state index in [0.29, 0.717) is 0 Å². The molecule has 1 heterocycles. The lowest BCUT2D eigenvalue weighted by Gasteiger charge is -2.24. The highest BCUT2D eigenvalue weighted by molar-refractivity contribution is 7.50. The zero-order valence-electron chi connectivity index (χ0n) is 16.7. The molecular formula is C19H28N3O6P. The van der Waals surface area contributed by atoms with Crippen LogP contribution in [0, 0.1) is 5.92 Å². The lowest BCUT2D eigenvalue weighted by molar-refractivity contribution is -0.142. The number of carbonyl (C=O) groups is 2. The molecule has 0 saturated heterocycles. The molecule has 0 bridgehead atoms. The van der Waals surface area contributed by atoms with Crippen LogP contribution in [0.15, 0.2) is 30.5 Å². The molecule has 1 aromatic heterocycles. The van der Waals surface area contributed by atoms with Crippen LogP contribution in [0.2, 0.25) is 0 Å². The summed E-state index contributed by atoms with van der Waals surface area (Å²) in [7, 11) is -4.18. The number of carboxylic acids is 1. The maximum Gasteiger partial charge on any atom is 0.403 e. The first kappa shape index (κ1) is 23.1. The summed E-state index contributed by atoms with van der Waals surface area (Å²) in [6.07, 6.45) is 2.03. The molecule has 0 fully saturated rings. The highest BCUT2D eigenvalue weighted by Gasteiger charge is 2.32. The Hall–Kier alpha value is -2.19. The van der Waals surface area contributed by atoms with E-state index >= 15 is 0 Å². The van der Waals surface area contributed by atoms with Crippen LogP contribution in [-0.2, 0) is 25.1 Å². The van der Waals surface area contributed by atoms with E-state index in [2.05, 4.69) is 15.4 Å². The molecule has 0 saturated carbocycles. The van der Waals surface area contributed by atoms with E-state index in [1.54, 1.807) is 13.1 Å². The van der Waals surface area contributed by atoms with Gasteiger partial charge in [0.15, 0.2) is 0 Å². The van der Waals surface area contributed by atoms with Crippen LogP contribution in [-0.4, -0.2) is 45.6 Å². The third-order valence-electron chi connectivity index (χ3n) is 4.36. The summed E-state index contributed by atoms with van der Waals surface area (Å²) >= 11 is 0. The summed E-state index contributed by atoms with van der Waals surface area (Å²) in [6.45, 7) is 5.26. The molecule has 10 heteroatoms. The third-order valence-corrected chi connectivity index (χ3v) is 5.61. The van der Waals surface area contributed by atoms with Gasteiger partial charge in [0.2, 0.25) is 5.91 Å². The summed E-state index contributed by atoms with van der Waals surface area (Å²) in [5.74, 6) is -1.83. The van der Waals surface area contributed by atoms with Crippen molar-refractivity contribution < 1.29 is 28.7 Å². The molecule has 1 unspecified atom stereocenters. The number of hydrogen-bond acceptors (Lipinski definition) is 4. The highest BCUT2D eigenvalue weighted by Crippen LogP contribution is 2.37. The van der Waals surface area contributed by atoms with E-state index in [9.17, 15) is 24.2 Å². The molecule has 0 radical (unpaired) electrons. The number of hydrogen-bond donors (Lipinski definition) is 5. The van der Waals surface area contributed by atoms with E-state index in [1.165, 1.54) is 0 Å². The van der Waals surface area contributed by atoms with Crippen molar-refractivity contribution in [3.05, 3.63) is 36.0 Å². The van der Waals surface area contributed by atoms with Crippen molar-refractivity contribution in [2.75, 3.05) is 6.61 Å². The first-order valence-corrected chi connectivity index (χ1v) is 11.0. The second-order valence-electron chi connectivity index (χ2n) is 7.21. The van der Waals surface area contributed by atoms with E-state index in [-0.39, 0.29) is 25.4 Å².